The van der Waals surface area contributed by atoms with Gasteiger partial charge in [-0.3, -0.25) is 0 Å². The highest BCUT2D eigenvalue weighted by molar-refractivity contribution is 4.82. The standard InChI is InChI=1S/C7H14O2/c1-4-7(9-3)5-6(2)8/h7-8H,2,4-5H2,1,3H3. The van der Waals surface area contributed by atoms with Crippen LogP contribution in [-0.2, 0) is 4.74 Å². The minimum absolute atomic E-state index is 0.127. The summed E-state index contributed by atoms with van der Waals surface area (Å²) in [6, 6.07) is 0. The van der Waals surface area contributed by atoms with Crippen molar-refractivity contribution in [2.75, 3.05) is 7.11 Å². The molecule has 2 nitrogen and oxygen atoms in total. The van der Waals surface area contributed by atoms with Gasteiger partial charge in [-0.15, -0.1) is 0 Å². The maximum Gasteiger partial charge on any atom is 0.0876 e. The van der Waals surface area contributed by atoms with Gasteiger partial charge < -0.3 is 9.84 Å². The Kier molecular flexibility index (Phi) is 4.14. The molecule has 0 rings (SSSR count). The van der Waals surface area contributed by atoms with Gasteiger partial charge in [0.25, 0.3) is 0 Å². The second-order valence-electron chi connectivity index (χ2n) is 2.04. The molecule has 0 aromatic rings. The van der Waals surface area contributed by atoms with Crippen LogP contribution in [0, 0.1) is 0 Å². The van der Waals surface area contributed by atoms with E-state index in [1.807, 2.05) is 6.92 Å². The lowest BCUT2D eigenvalue weighted by Crippen LogP contribution is -2.08. The molecule has 0 spiro atoms. The molecule has 1 N–H and O–H groups in total. The van der Waals surface area contributed by atoms with Crippen LogP contribution in [0.4, 0.5) is 0 Å². The van der Waals surface area contributed by atoms with Crippen LogP contribution >= 0.6 is 0 Å². The number of rotatable bonds is 4. The molecule has 0 aromatic heterocycles. The minimum atomic E-state index is 0.127. The number of ether oxygens (including phenoxy) is 1. The van der Waals surface area contributed by atoms with Crippen LogP contribution in [0.1, 0.15) is 19.8 Å². The SMILES string of the molecule is C=C(O)CC(CC)OC. The monoisotopic (exact) mass is 130 g/mol. The summed E-state index contributed by atoms with van der Waals surface area (Å²) in [6.07, 6.45) is 1.59. The number of aliphatic hydroxyl groups excluding tert-OH is 1. The van der Waals surface area contributed by atoms with E-state index in [2.05, 4.69) is 6.58 Å². The van der Waals surface area contributed by atoms with Gasteiger partial charge in [-0.1, -0.05) is 13.5 Å². The summed E-state index contributed by atoms with van der Waals surface area (Å²) in [5.41, 5.74) is 0. The molecule has 0 aromatic carbocycles. The first-order valence-corrected chi connectivity index (χ1v) is 3.10. The summed E-state index contributed by atoms with van der Waals surface area (Å²) in [6.45, 7) is 5.38. The fourth-order valence-electron chi connectivity index (χ4n) is 0.657. The van der Waals surface area contributed by atoms with E-state index in [9.17, 15) is 0 Å². The lowest BCUT2D eigenvalue weighted by Gasteiger charge is -2.10. The van der Waals surface area contributed by atoms with Crippen LogP contribution in [0.2, 0.25) is 0 Å². The van der Waals surface area contributed by atoms with E-state index in [4.69, 9.17) is 9.84 Å². The third-order valence-corrected chi connectivity index (χ3v) is 1.25. The van der Waals surface area contributed by atoms with Gasteiger partial charge in [-0.05, 0) is 6.42 Å². The van der Waals surface area contributed by atoms with Gasteiger partial charge >= 0.3 is 0 Å². The zero-order valence-electron chi connectivity index (χ0n) is 6.05. The molecule has 0 heterocycles. The average Bonchev–Trinajstić information content (AvgIpc) is 1.82. The Morgan fingerprint density at radius 1 is 1.78 bits per heavy atom. The summed E-state index contributed by atoms with van der Waals surface area (Å²) in [7, 11) is 1.64. The van der Waals surface area contributed by atoms with Crippen molar-refractivity contribution < 1.29 is 9.84 Å². The van der Waals surface area contributed by atoms with Crippen LogP contribution in [0.15, 0.2) is 12.3 Å². The predicted molar refractivity (Wildman–Crippen MR) is 37.5 cm³/mol. The summed E-state index contributed by atoms with van der Waals surface area (Å²) in [5.74, 6) is 0.198. The van der Waals surface area contributed by atoms with Crippen molar-refractivity contribution >= 4 is 0 Å². The van der Waals surface area contributed by atoms with Crippen LogP contribution in [0.5, 0.6) is 0 Å². The van der Waals surface area contributed by atoms with Crippen molar-refractivity contribution in [2.24, 2.45) is 0 Å². The van der Waals surface area contributed by atoms with Crippen LogP contribution in [0.25, 0.3) is 0 Å². The maximum absolute atomic E-state index is 8.71. The molecule has 9 heavy (non-hydrogen) atoms. The molecule has 0 fully saturated rings. The van der Waals surface area contributed by atoms with Gasteiger partial charge in [-0.25, -0.2) is 0 Å². The molecular formula is C7H14O2. The van der Waals surface area contributed by atoms with Gasteiger partial charge in [0.1, 0.15) is 0 Å². The molecular weight excluding hydrogens is 116 g/mol. The Morgan fingerprint density at radius 3 is 2.44 bits per heavy atom. The Balaban J connectivity index is 3.43. The van der Waals surface area contributed by atoms with Crippen molar-refractivity contribution in [2.45, 2.75) is 25.9 Å². The summed E-state index contributed by atoms with van der Waals surface area (Å²) in [5, 5.41) is 8.71. The van der Waals surface area contributed by atoms with Crippen molar-refractivity contribution in [3.63, 3.8) is 0 Å². The van der Waals surface area contributed by atoms with Crippen LogP contribution in [-0.4, -0.2) is 18.3 Å². The lowest BCUT2D eigenvalue weighted by atomic mass is 10.2. The van der Waals surface area contributed by atoms with Crippen molar-refractivity contribution in [1.82, 2.24) is 0 Å². The molecule has 0 amide bonds. The summed E-state index contributed by atoms with van der Waals surface area (Å²) in [4.78, 5) is 0. The Hall–Kier alpha value is -0.500. The van der Waals surface area contributed by atoms with Gasteiger partial charge in [-0.2, -0.15) is 0 Å². The Labute approximate surface area is 56.1 Å². The molecule has 0 saturated heterocycles. The molecule has 0 aliphatic rings. The molecule has 0 saturated carbocycles. The maximum atomic E-state index is 8.71. The number of hydrogen-bond acceptors (Lipinski definition) is 2. The van der Waals surface area contributed by atoms with Crippen LogP contribution < -0.4 is 0 Å². The molecule has 0 bridgehead atoms. The summed E-state index contributed by atoms with van der Waals surface area (Å²) < 4.78 is 4.99. The largest absolute Gasteiger partial charge is 0.513 e. The predicted octanol–water partition coefficient (Wildman–Crippen LogP) is 1.87. The van der Waals surface area contributed by atoms with Gasteiger partial charge in [0.15, 0.2) is 0 Å². The van der Waals surface area contributed by atoms with Crippen molar-refractivity contribution in [3.05, 3.63) is 12.3 Å². The zero-order valence-corrected chi connectivity index (χ0v) is 6.05. The van der Waals surface area contributed by atoms with E-state index in [0.717, 1.165) is 6.42 Å². The van der Waals surface area contributed by atoms with E-state index < -0.39 is 0 Å². The summed E-state index contributed by atoms with van der Waals surface area (Å²) >= 11 is 0. The highest BCUT2D eigenvalue weighted by Gasteiger charge is 2.03. The van der Waals surface area contributed by atoms with Crippen molar-refractivity contribution in [3.8, 4) is 0 Å². The second kappa shape index (κ2) is 4.39. The Morgan fingerprint density at radius 2 is 2.33 bits per heavy atom. The van der Waals surface area contributed by atoms with E-state index in [-0.39, 0.29) is 11.9 Å². The van der Waals surface area contributed by atoms with Crippen molar-refractivity contribution in [1.29, 1.82) is 0 Å². The molecule has 2 heteroatoms. The molecule has 0 radical (unpaired) electrons. The second-order valence-corrected chi connectivity index (χ2v) is 2.04. The number of hydrogen-bond donors (Lipinski definition) is 1. The fourth-order valence-corrected chi connectivity index (χ4v) is 0.657. The lowest BCUT2D eigenvalue weighted by molar-refractivity contribution is 0.0903. The third-order valence-electron chi connectivity index (χ3n) is 1.25. The minimum Gasteiger partial charge on any atom is -0.513 e. The highest BCUT2D eigenvalue weighted by Crippen LogP contribution is 2.05. The molecule has 1 unspecified atom stereocenters. The van der Waals surface area contributed by atoms with Gasteiger partial charge in [0.2, 0.25) is 0 Å². The highest BCUT2D eigenvalue weighted by atomic mass is 16.5. The van der Waals surface area contributed by atoms with E-state index in [0.29, 0.717) is 6.42 Å². The van der Waals surface area contributed by atoms with Crippen LogP contribution in [0.3, 0.4) is 0 Å². The number of aliphatic hydroxyl groups is 1. The molecule has 0 aliphatic heterocycles. The fraction of sp³-hybridized carbons (Fsp3) is 0.714. The first-order valence-electron chi connectivity index (χ1n) is 3.10. The van der Waals surface area contributed by atoms with E-state index >= 15 is 0 Å². The molecule has 54 valence electrons. The van der Waals surface area contributed by atoms with Gasteiger partial charge in [0, 0.05) is 13.5 Å². The first-order chi connectivity index (χ1) is 4.20. The molecule has 0 aliphatic carbocycles. The Bertz CT molecular complexity index is 84.9. The quantitative estimate of drug-likeness (QED) is 0.589. The smallest absolute Gasteiger partial charge is 0.0876 e. The zero-order chi connectivity index (χ0) is 7.28. The average molecular weight is 130 g/mol. The topological polar surface area (TPSA) is 29.5 Å². The number of methoxy groups -OCH3 is 1. The normalized spacial score (nSPS) is 13.1. The first kappa shape index (κ1) is 8.50. The van der Waals surface area contributed by atoms with Gasteiger partial charge in [0.05, 0.1) is 11.9 Å². The van der Waals surface area contributed by atoms with E-state index in [1.165, 1.54) is 0 Å². The molecule has 1 atom stereocenters. The van der Waals surface area contributed by atoms with E-state index in [1.54, 1.807) is 7.11 Å². The third kappa shape index (κ3) is 4.03.